The Labute approximate surface area is 171 Å². The van der Waals surface area contributed by atoms with Crippen LogP contribution >= 0.6 is 0 Å². The standard InChI is InChI=1S/C18H26N4O8/c1-9(24)19-11-4-2-10(3-5-11)17(27)30-21-13-6-7-22(18(28)20-13)16-15(26)14(25)12(8-23)29-16/h6-7,10-12,14-16,23,25-26H,2-5,8H2,1H3,(H,19,24)(H,20,21,28)/t10?,11?,12-,14-,15-,16-/m1/s1. The maximum absolute atomic E-state index is 12.2. The van der Waals surface area contributed by atoms with Gasteiger partial charge in [-0.25, -0.2) is 15.1 Å². The van der Waals surface area contributed by atoms with Gasteiger partial charge >= 0.3 is 11.7 Å². The van der Waals surface area contributed by atoms with Crippen LogP contribution < -0.4 is 16.5 Å². The summed E-state index contributed by atoms with van der Waals surface area (Å²) in [6, 6.07) is 1.41. The highest BCUT2D eigenvalue weighted by Gasteiger charge is 2.43. The fraction of sp³-hybridized carbons (Fsp3) is 0.667. The van der Waals surface area contributed by atoms with Crippen molar-refractivity contribution < 1.29 is 34.5 Å². The second-order valence-electron chi connectivity index (χ2n) is 7.50. The summed E-state index contributed by atoms with van der Waals surface area (Å²) < 4.78 is 6.27. The van der Waals surface area contributed by atoms with Crippen molar-refractivity contribution in [3.8, 4) is 0 Å². The van der Waals surface area contributed by atoms with Crippen molar-refractivity contribution in [3.63, 3.8) is 0 Å². The molecule has 1 saturated carbocycles. The van der Waals surface area contributed by atoms with Gasteiger partial charge in [0.05, 0.1) is 12.5 Å². The number of anilines is 1. The number of ether oxygens (including phenoxy) is 1. The minimum Gasteiger partial charge on any atom is -0.394 e. The monoisotopic (exact) mass is 426 g/mol. The summed E-state index contributed by atoms with van der Waals surface area (Å²) in [5.41, 5.74) is 1.54. The molecule has 2 fully saturated rings. The smallest absolute Gasteiger partial charge is 0.351 e. The Hall–Kier alpha value is -2.54. The number of carbonyl (C=O) groups excluding carboxylic acids is 2. The molecule has 0 spiro atoms. The lowest BCUT2D eigenvalue weighted by Gasteiger charge is -2.27. The minimum atomic E-state index is -1.41. The van der Waals surface area contributed by atoms with Gasteiger partial charge in [-0.15, -0.1) is 0 Å². The van der Waals surface area contributed by atoms with E-state index in [9.17, 15) is 24.6 Å². The predicted octanol–water partition coefficient (Wildman–Crippen LogP) is -1.58. The van der Waals surface area contributed by atoms with E-state index in [-0.39, 0.29) is 23.7 Å². The van der Waals surface area contributed by atoms with Crippen LogP contribution in [0.15, 0.2) is 17.1 Å². The Kier molecular flexibility index (Phi) is 7.02. The van der Waals surface area contributed by atoms with E-state index in [1.165, 1.54) is 19.2 Å². The van der Waals surface area contributed by atoms with E-state index in [1.54, 1.807) is 0 Å². The fourth-order valence-corrected chi connectivity index (χ4v) is 3.72. The molecule has 5 N–H and O–H groups in total. The summed E-state index contributed by atoms with van der Waals surface area (Å²) in [7, 11) is 0. The molecule has 1 aromatic heterocycles. The average molecular weight is 426 g/mol. The summed E-state index contributed by atoms with van der Waals surface area (Å²) in [5, 5.41) is 31.8. The minimum absolute atomic E-state index is 0.0109. The molecule has 12 nitrogen and oxygen atoms in total. The van der Waals surface area contributed by atoms with Crippen LogP contribution in [0.25, 0.3) is 0 Å². The molecule has 2 heterocycles. The van der Waals surface area contributed by atoms with Gasteiger partial charge in [0.25, 0.3) is 0 Å². The Morgan fingerprint density at radius 2 is 1.97 bits per heavy atom. The van der Waals surface area contributed by atoms with Crippen LogP contribution in [0.1, 0.15) is 38.8 Å². The van der Waals surface area contributed by atoms with Gasteiger partial charge in [-0.1, -0.05) is 0 Å². The van der Waals surface area contributed by atoms with E-state index in [2.05, 4.69) is 15.8 Å². The summed E-state index contributed by atoms with van der Waals surface area (Å²) >= 11 is 0. The van der Waals surface area contributed by atoms with Crippen molar-refractivity contribution >= 4 is 17.7 Å². The molecule has 3 rings (SSSR count). The zero-order chi connectivity index (χ0) is 21.8. The molecule has 1 amide bonds. The largest absolute Gasteiger partial charge is 0.394 e. The number of hydrogen-bond donors (Lipinski definition) is 5. The first-order valence-corrected chi connectivity index (χ1v) is 9.75. The van der Waals surface area contributed by atoms with Crippen molar-refractivity contribution in [2.75, 3.05) is 12.1 Å². The number of hydrogen-bond acceptors (Lipinski definition) is 10. The van der Waals surface area contributed by atoms with Crippen LogP contribution in [0.2, 0.25) is 0 Å². The Bertz CT molecular complexity index is 823. The van der Waals surface area contributed by atoms with Gasteiger partial charge in [0.15, 0.2) is 12.0 Å². The average Bonchev–Trinajstić information content (AvgIpc) is 3.00. The SMILES string of the molecule is CC(=O)NC1CCC(C(=O)ONc2ccn([C@@H]3O[C@H](CO)[C@@H](O)[C@H]3O)c(=O)n2)CC1. The molecule has 0 unspecified atom stereocenters. The lowest BCUT2D eigenvalue weighted by Crippen LogP contribution is -2.38. The third-order valence-electron chi connectivity index (χ3n) is 5.35. The first-order valence-electron chi connectivity index (χ1n) is 9.75. The highest BCUT2D eigenvalue weighted by molar-refractivity contribution is 5.74. The molecule has 1 aliphatic heterocycles. The number of amides is 1. The maximum atomic E-state index is 12.2. The van der Waals surface area contributed by atoms with Gasteiger partial charge in [0.1, 0.15) is 18.3 Å². The zero-order valence-corrected chi connectivity index (χ0v) is 16.4. The maximum Gasteiger partial charge on any atom is 0.351 e. The second kappa shape index (κ2) is 9.51. The number of aromatic nitrogens is 2. The van der Waals surface area contributed by atoms with Crippen LogP contribution in [0.4, 0.5) is 5.82 Å². The summed E-state index contributed by atoms with van der Waals surface area (Å²) in [6.07, 6.45) is -1.20. The van der Waals surface area contributed by atoms with Crippen molar-refractivity contribution in [1.82, 2.24) is 14.9 Å². The third kappa shape index (κ3) is 4.95. The van der Waals surface area contributed by atoms with E-state index < -0.39 is 42.8 Å². The molecular formula is C18H26N4O8. The highest BCUT2D eigenvalue weighted by Crippen LogP contribution is 2.28. The lowest BCUT2D eigenvalue weighted by molar-refractivity contribution is -0.146. The van der Waals surface area contributed by atoms with Crippen LogP contribution in [-0.2, 0) is 19.2 Å². The molecule has 0 bridgehead atoms. The molecule has 12 heteroatoms. The summed E-state index contributed by atoms with van der Waals surface area (Å²) in [4.78, 5) is 44.3. The van der Waals surface area contributed by atoms with Crippen LogP contribution in [0.3, 0.4) is 0 Å². The lowest BCUT2D eigenvalue weighted by atomic mass is 9.86. The van der Waals surface area contributed by atoms with Crippen molar-refractivity contribution in [2.24, 2.45) is 5.92 Å². The van der Waals surface area contributed by atoms with Crippen molar-refractivity contribution in [3.05, 3.63) is 22.7 Å². The van der Waals surface area contributed by atoms with E-state index in [0.717, 1.165) is 4.57 Å². The number of aliphatic hydroxyl groups is 3. The molecule has 4 atom stereocenters. The van der Waals surface area contributed by atoms with E-state index in [0.29, 0.717) is 25.7 Å². The third-order valence-corrected chi connectivity index (χ3v) is 5.35. The molecule has 2 aliphatic rings. The first kappa shape index (κ1) is 22.2. The molecule has 1 saturated heterocycles. The highest BCUT2D eigenvalue weighted by atomic mass is 16.7. The molecule has 1 aliphatic carbocycles. The van der Waals surface area contributed by atoms with Gasteiger partial charge in [-0.2, -0.15) is 4.98 Å². The Morgan fingerprint density at radius 3 is 2.53 bits per heavy atom. The van der Waals surface area contributed by atoms with Gasteiger partial charge in [-0.05, 0) is 25.7 Å². The molecule has 0 radical (unpaired) electrons. The van der Waals surface area contributed by atoms with E-state index in [4.69, 9.17) is 14.7 Å². The number of rotatable bonds is 6. The Morgan fingerprint density at radius 1 is 1.27 bits per heavy atom. The van der Waals surface area contributed by atoms with E-state index in [1.807, 2.05) is 0 Å². The fourth-order valence-electron chi connectivity index (χ4n) is 3.72. The summed E-state index contributed by atoms with van der Waals surface area (Å²) in [5.74, 6) is -0.906. The molecule has 30 heavy (non-hydrogen) atoms. The molecular weight excluding hydrogens is 400 g/mol. The quantitative estimate of drug-likeness (QED) is 0.334. The van der Waals surface area contributed by atoms with Crippen molar-refractivity contribution in [2.45, 2.75) is 63.2 Å². The van der Waals surface area contributed by atoms with Crippen LogP contribution in [0.5, 0.6) is 0 Å². The summed E-state index contributed by atoms with van der Waals surface area (Å²) in [6.45, 7) is 0.941. The predicted molar refractivity (Wildman–Crippen MR) is 101 cm³/mol. The van der Waals surface area contributed by atoms with Crippen molar-refractivity contribution in [1.29, 1.82) is 0 Å². The Balaban J connectivity index is 1.53. The second-order valence-corrected chi connectivity index (χ2v) is 7.50. The van der Waals surface area contributed by atoms with Gasteiger partial charge < -0.3 is 30.2 Å². The van der Waals surface area contributed by atoms with Gasteiger partial charge in [0.2, 0.25) is 5.91 Å². The van der Waals surface area contributed by atoms with Crippen LogP contribution in [0, 0.1) is 5.92 Å². The van der Waals surface area contributed by atoms with Gasteiger partial charge in [-0.3, -0.25) is 9.36 Å². The number of carbonyl (C=O) groups is 2. The topological polar surface area (TPSA) is 172 Å². The first-order chi connectivity index (χ1) is 14.3. The normalized spacial score (nSPS) is 31.2. The molecule has 0 aromatic carbocycles. The molecule has 1 aromatic rings. The molecule has 166 valence electrons. The van der Waals surface area contributed by atoms with E-state index >= 15 is 0 Å². The van der Waals surface area contributed by atoms with Crippen LogP contribution in [-0.4, -0.2) is 67.7 Å². The number of nitrogens with one attached hydrogen (secondary N) is 2. The zero-order valence-electron chi connectivity index (χ0n) is 16.4. The number of nitrogens with zero attached hydrogens (tertiary/aromatic N) is 2. The van der Waals surface area contributed by atoms with Gasteiger partial charge in [0, 0.05) is 25.2 Å². The number of aliphatic hydroxyl groups excluding tert-OH is 3.